The molecule has 0 spiro atoms. The zero-order chi connectivity index (χ0) is 20.4. The Kier molecular flexibility index (Phi) is 5.67. The molecule has 1 N–H and O–H groups in total. The van der Waals surface area contributed by atoms with Gasteiger partial charge < -0.3 is 15.0 Å². The lowest BCUT2D eigenvalue weighted by Gasteiger charge is -2.28. The van der Waals surface area contributed by atoms with Gasteiger partial charge in [0.15, 0.2) is 5.65 Å². The number of likely N-dealkylation sites (tertiary alicyclic amines) is 1. The van der Waals surface area contributed by atoms with Crippen LogP contribution in [0.15, 0.2) is 36.5 Å². The van der Waals surface area contributed by atoms with E-state index in [0.717, 1.165) is 37.1 Å². The van der Waals surface area contributed by atoms with Crippen LogP contribution in [0.25, 0.3) is 5.65 Å². The van der Waals surface area contributed by atoms with Crippen LogP contribution in [-0.2, 0) is 0 Å². The molecular formula is C22H30N6O. The Hall–Kier alpha value is -2.67. The van der Waals surface area contributed by atoms with E-state index in [4.69, 9.17) is 14.7 Å². The van der Waals surface area contributed by atoms with Crippen molar-refractivity contribution in [3.8, 4) is 6.01 Å². The van der Waals surface area contributed by atoms with Gasteiger partial charge in [0.1, 0.15) is 6.10 Å². The predicted octanol–water partition coefficient (Wildman–Crippen LogP) is 3.89. The van der Waals surface area contributed by atoms with E-state index in [-0.39, 0.29) is 12.1 Å². The maximum Gasteiger partial charge on any atom is 0.322 e. The summed E-state index contributed by atoms with van der Waals surface area (Å²) in [7, 11) is 2.15. The van der Waals surface area contributed by atoms with E-state index in [1.54, 1.807) is 4.52 Å². The van der Waals surface area contributed by atoms with Crippen LogP contribution in [0.3, 0.4) is 0 Å². The van der Waals surface area contributed by atoms with Crippen LogP contribution in [0.1, 0.15) is 56.7 Å². The van der Waals surface area contributed by atoms with Crippen molar-refractivity contribution in [2.75, 3.05) is 25.5 Å². The third kappa shape index (κ3) is 4.34. The zero-order valence-corrected chi connectivity index (χ0v) is 17.7. The SMILES string of the molecule is CC(C)c1cnn2c(NC(C)c3ccccc3)nc(OC3CCN(C)CC3)nc12. The Morgan fingerprint density at radius 3 is 2.48 bits per heavy atom. The first kappa shape index (κ1) is 19.6. The van der Waals surface area contributed by atoms with E-state index in [0.29, 0.717) is 17.9 Å². The van der Waals surface area contributed by atoms with Crippen molar-refractivity contribution >= 4 is 11.6 Å². The minimum Gasteiger partial charge on any atom is -0.460 e. The molecule has 1 fully saturated rings. The molecule has 0 radical (unpaired) electrons. The monoisotopic (exact) mass is 394 g/mol. The van der Waals surface area contributed by atoms with Gasteiger partial charge in [-0.15, -0.1) is 0 Å². The average Bonchev–Trinajstić information content (AvgIpc) is 3.15. The second kappa shape index (κ2) is 8.37. The molecule has 154 valence electrons. The molecule has 3 aromatic rings. The van der Waals surface area contributed by atoms with Crippen LogP contribution in [0, 0.1) is 0 Å². The normalized spacial score (nSPS) is 17.0. The first-order chi connectivity index (χ1) is 14.0. The summed E-state index contributed by atoms with van der Waals surface area (Å²) in [4.78, 5) is 11.7. The van der Waals surface area contributed by atoms with Gasteiger partial charge in [0.05, 0.1) is 12.2 Å². The molecule has 1 aliphatic heterocycles. The third-order valence-electron chi connectivity index (χ3n) is 5.58. The molecule has 7 nitrogen and oxygen atoms in total. The molecule has 29 heavy (non-hydrogen) atoms. The summed E-state index contributed by atoms with van der Waals surface area (Å²) in [6, 6.07) is 10.8. The molecule has 0 saturated carbocycles. The molecule has 1 saturated heterocycles. The molecule has 1 unspecified atom stereocenters. The Morgan fingerprint density at radius 2 is 1.79 bits per heavy atom. The van der Waals surface area contributed by atoms with Gasteiger partial charge in [-0.05, 0) is 38.3 Å². The van der Waals surface area contributed by atoms with Gasteiger partial charge in [0, 0.05) is 18.7 Å². The number of benzene rings is 1. The van der Waals surface area contributed by atoms with E-state index in [2.05, 4.69) is 55.3 Å². The van der Waals surface area contributed by atoms with Gasteiger partial charge in [-0.25, -0.2) is 0 Å². The topological polar surface area (TPSA) is 67.6 Å². The van der Waals surface area contributed by atoms with Gasteiger partial charge in [0.2, 0.25) is 5.95 Å². The Balaban J connectivity index is 1.66. The van der Waals surface area contributed by atoms with Crippen LogP contribution in [0.5, 0.6) is 6.01 Å². The molecule has 4 rings (SSSR count). The van der Waals surface area contributed by atoms with Gasteiger partial charge in [-0.2, -0.15) is 19.6 Å². The number of ether oxygens (including phenoxy) is 1. The molecule has 0 aliphatic carbocycles. The smallest absolute Gasteiger partial charge is 0.322 e. The number of aromatic nitrogens is 4. The second-order valence-electron chi connectivity index (χ2n) is 8.22. The number of nitrogens with zero attached hydrogens (tertiary/aromatic N) is 5. The summed E-state index contributed by atoms with van der Waals surface area (Å²) in [5.74, 6) is 0.971. The maximum atomic E-state index is 6.21. The van der Waals surface area contributed by atoms with Gasteiger partial charge in [-0.1, -0.05) is 44.2 Å². The third-order valence-corrected chi connectivity index (χ3v) is 5.58. The van der Waals surface area contributed by atoms with Crippen molar-refractivity contribution in [3.63, 3.8) is 0 Å². The number of anilines is 1. The zero-order valence-electron chi connectivity index (χ0n) is 17.7. The lowest BCUT2D eigenvalue weighted by molar-refractivity contribution is 0.105. The second-order valence-corrected chi connectivity index (χ2v) is 8.22. The minimum absolute atomic E-state index is 0.0807. The minimum atomic E-state index is 0.0807. The van der Waals surface area contributed by atoms with Gasteiger partial charge >= 0.3 is 6.01 Å². The van der Waals surface area contributed by atoms with Crippen LogP contribution in [0.2, 0.25) is 0 Å². The first-order valence-electron chi connectivity index (χ1n) is 10.4. The number of hydrogen-bond donors (Lipinski definition) is 1. The van der Waals surface area contributed by atoms with E-state index >= 15 is 0 Å². The van der Waals surface area contributed by atoms with E-state index in [1.165, 1.54) is 5.56 Å². The number of nitrogens with one attached hydrogen (secondary N) is 1. The van der Waals surface area contributed by atoms with Crippen LogP contribution < -0.4 is 10.1 Å². The number of hydrogen-bond acceptors (Lipinski definition) is 6. The standard InChI is InChI=1S/C22H30N6O/c1-15(2)19-14-23-28-20(19)25-22(29-18-10-12-27(4)13-11-18)26-21(28)24-16(3)17-8-6-5-7-9-17/h5-9,14-16,18H,10-13H2,1-4H3,(H,24,25,26). The molecule has 1 aliphatic rings. The highest BCUT2D eigenvalue weighted by atomic mass is 16.5. The summed E-state index contributed by atoms with van der Waals surface area (Å²) in [5, 5.41) is 8.05. The summed E-state index contributed by atoms with van der Waals surface area (Å²) in [5.41, 5.74) is 3.09. The van der Waals surface area contributed by atoms with Crippen molar-refractivity contribution in [2.24, 2.45) is 0 Å². The Bertz CT molecular complexity index is 947. The van der Waals surface area contributed by atoms with Crippen LogP contribution in [-0.4, -0.2) is 50.7 Å². The lowest BCUT2D eigenvalue weighted by Crippen LogP contribution is -2.36. The first-order valence-corrected chi connectivity index (χ1v) is 10.4. The van der Waals surface area contributed by atoms with Crippen molar-refractivity contribution in [3.05, 3.63) is 47.7 Å². The molecule has 2 aromatic heterocycles. The van der Waals surface area contributed by atoms with Crippen molar-refractivity contribution in [1.29, 1.82) is 0 Å². The predicted molar refractivity (Wildman–Crippen MR) is 114 cm³/mol. The highest BCUT2D eigenvalue weighted by Gasteiger charge is 2.22. The van der Waals surface area contributed by atoms with Crippen LogP contribution >= 0.6 is 0 Å². The summed E-state index contributed by atoms with van der Waals surface area (Å²) in [6.07, 6.45) is 4.01. The maximum absolute atomic E-state index is 6.21. The molecule has 0 amide bonds. The number of fused-ring (bicyclic) bond motifs is 1. The summed E-state index contributed by atoms with van der Waals surface area (Å²) < 4.78 is 8.00. The molecule has 1 aromatic carbocycles. The Morgan fingerprint density at radius 1 is 1.07 bits per heavy atom. The lowest BCUT2D eigenvalue weighted by atomic mass is 10.1. The van der Waals surface area contributed by atoms with Gasteiger partial charge in [0.25, 0.3) is 0 Å². The number of piperidine rings is 1. The largest absolute Gasteiger partial charge is 0.460 e. The van der Waals surface area contributed by atoms with Crippen molar-refractivity contribution in [2.45, 2.75) is 51.7 Å². The fraction of sp³-hybridized carbons (Fsp3) is 0.500. The molecule has 1 atom stereocenters. The van der Waals surface area contributed by atoms with Crippen LogP contribution in [0.4, 0.5) is 5.95 Å². The molecule has 7 heteroatoms. The average molecular weight is 395 g/mol. The highest BCUT2D eigenvalue weighted by molar-refractivity contribution is 5.53. The molecular weight excluding hydrogens is 364 g/mol. The molecule has 0 bridgehead atoms. The van der Waals surface area contributed by atoms with E-state index < -0.39 is 0 Å². The van der Waals surface area contributed by atoms with E-state index in [9.17, 15) is 0 Å². The Labute approximate surface area is 172 Å². The highest BCUT2D eigenvalue weighted by Crippen LogP contribution is 2.26. The van der Waals surface area contributed by atoms with E-state index in [1.807, 2.05) is 24.4 Å². The summed E-state index contributed by atoms with van der Waals surface area (Å²) >= 11 is 0. The quantitative estimate of drug-likeness (QED) is 0.684. The molecule has 3 heterocycles. The fourth-order valence-corrected chi connectivity index (χ4v) is 3.70. The van der Waals surface area contributed by atoms with Crippen molar-refractivity contribution < 1.29 is 4.74 Å². The van der Waals surface area contributed by atoms with Crippen molar-refractivity contribution in [1.82, 2.24) is 24.5 Å². The fourth-order valence-electron chi connectivity index (χ4n) is 3.70. The summed E-state index contributed by atoms with van der Waals surface area (Å²) in [6.45, 7) is 8.49. The van der Waals surface area contributed by atoms with Gasteiger partial charge in [-0.3, -0.25) is 0 Å². The number of rotatable bonds is 6.